The van der Waals surface area contributed by atoms with Crippen LogP contribution in [-0.2, 0) is 4.74 Å². The van der Waals surface area contributed by atoms with E-state index in [1.807, 2.05) is 6.92 Å². The molecule has 128 valence electrons. The monoisotopic (exact) mass is 319 g/mol. The molecular formula is C18H29N3O2. The number of hydrogen-bond acceptors (Lipinski definition) is 4. The normalized spacial score (nSPS) is 10.3. The molecule has 0 aliphatic rings. The summed E-state index contributed by atoms with van der Waals surface area (Å²) in [6.45, 7) is 8.48. The molecule has 0 aliphatic heterocycles. The maximum atomic E-state index is 11.4. The number of nitrogens with zero attached hydrogens (tertiary/aromatic N) is 2. The number of hydrogen-bond donors (Lipinski definition) is 1. The molecule has 0 unspecified atom stereocenters. The maximum absolute atomic E-state index is 11.4. The summed E-state index contributed by atoms with van der Waals surface area (Å²) in [5.74, 6) is 0.415. The lowest BCUT2D eigenvalue weighted by Crippen LogP contribution is -2.04. The third-order valence-corrected chi connectivity index (χ3v) is 3.42. The van der Waals surface area contributed by atoms with Crippen LogP contribution >= 0.6 is 0 Å². The van der Waals surface area contributed by atoms with E-state index in [-0.39, 0.29) is 5.97 Å². The van der Waals surface area contributed by atoms with E-state index in [0.29, 0.717) is 17.8 Å². The van der Waals surface area contributed by atoms with Gasteiger partial charge < -0.3 is 9.72 Å². The summed E-state index contributed by atoms with van der Waals surface area (Å²) >= 11 is 0. The summed E-state index contributed by atoms with van der Waals surface area (Å²) in [6.07, 6.45) is 9.96. The molecule has 0 aromatic carbocycles. The van der Waals surface area contributed by atoms with Crippen LogP contribution in [0, 0.1) is 6.92 Å². The Hall–Kier alpha value is -1.91. The number of aryl methyl sites for hydroxylation is 1. The summed E-state index contributed by atoms with van der Waals surface area (Å²) in [4.78, 5) is 22.6. The average molecular weight is 319 g/mol. The Bertz CT molecular complexity index is 587. The largest absolute Gasteiger partial charge is 0.462 e. The van der Waals surface area contributed by atoms with Crippen LogP contribution in [0.4, 0.5) is 0 Å². The number of unbranched alkanes of at least 4 members (excludes halogenated alkanes) is 5. The highest BCUT2D eigenvalue weighted by Gasteiger charge is 2.09. The molecule has 2 rings (SSSR count). The zero-order valence-electron chi connectivity index (χ0n) is 14.8. The fraction of sp³-hybridized carbons (Fsp3) is 0.611. The van der Waals surface area contributed by atoms with Gasteiger partial charge in [-0.15, -0.1) is 0 Å². The van der Waals surface area contributed by atoms with Gasteiger partial charge in [-0.25, -0.2) is 14.8 Å². The molecule has 0 saturated heterocycles. The van der Waals surface area contributed by atoms with Crippen molar-refractivity contribution in [1.29, 1.82) is 0 Å². The molecule has 0 spiro atoms. The number of nitrogens with one attached hydrogen (secondary N) is 1. The van der Waals surface area contributed by atoms with E-state index in [4.69, 9.17) is 4.74 Å². The van der Waals surface area contributed by atoms with Crippen molar-refractivity contribution in [1.82, 2.24) is 15.0 Å². The molecule has 0 fully saturated rings. The number of aromatic nitrogens is 3. The fourth-order valence-corrected chi connectivity index (χ4v) is 2.20. The molecule has 1 N–H and O–H groups in total. The number of imidazole rings is 1. The quantitative estimate of drug-likeness (QED) is 0.587. The van der Waals surface area contributed by atoms with Gasteiger partial charge >= 0.3 is 5.97 Å². The van der Waals surface area contributed by atoms with Crippen molar-refractivity contribution in [2.75, 3.05) is 6.61 Å². The van der Waals surface area contributed by atoms with E-state index in [1.165, 1.54) is 44.7 Å². The molecule has 0 bridgehead atoms. The first-order valence-corrected chi connectivity index (χ1v) is 8.61. The van der Waals surface area contributed by atoms with Gasteiger partial charge in [0.2, 0.25) is 0 Å². The number of pyridine rings is 1. The predicted molar refractivity (Wildman–Crippen MR) is 93.6 cm³/mol. The van der Waals surface area contributed by atoms with Gasteiger partial charge in [0.25, 0.3) is 0 Å². The van der Waals surface area contributed by atoms with Crippen LogP contribution in [0.5, 0.6) is 0 Å². The van der Waals surface area contributed by atoms with Crippen molar-refractivity contribution in [3.63, 3.8) is 0 Å². The Balaban J connectivity index is 0.000000284. The predicted octanol–water partition coefficient (Wildman–Crippen LogP) is 4.81. The van der Waals surface area contributed by atoms with Gasteiger partial charge in [-0.05, 0) is 19.9 Å². The van der Waals surface area contributed by atoms with E-state index in [9.17, 15) is 4.79 Å². The van der Waals surface area contributed by atoms with Crippen LogP contribution in [0.25, 0.3) is 11.2 Å². The minimum absolute atomic E-state index is 0.360. The Morgan fingerprint density at radius 3 is 2.35 bits per heavy atom. The van der Waals surface area contributed by atoms with Crippen LogP contribution < -0.4 is 0 Å². The third-order valence-electron chi connectivity index (χ3n) is 3.42. The van der Waals surface area contributed by atoms with E-state index in [1.54, 1.807) is 13.0 Å². The first kappa shape index (κ1) is 19.1. The lowest BCUT2D eigenvalue weighted by atomic mass is 10.1. The van der Waals surface area contributed by atoms with Crippen molar-refractivity contribution in [2.24, 2.45) is 0 Å². The van der Waals surface area contributed by atoms with Crippen molar-refractivity contribution in [3.05, 3.63) is 23.7 Å². The highest BCUT2D eigenvalue weighted by Crippen LogP contribution is 2.11. The lowest BCUT2D eigenvalue weighted by molar-refractivity contribution is 0.0526. The number of fused-ring (bicyclic) bond motifs is 1. The Morgan fingerprint density at radius 1 is 1.13 bits per heavy atom. The zero-order chi connectivity index (χ0) is 17.1. The summed E-state index contributed by atoms with van der Waals surface area (Å²) < 4.78 is 4.87. The van der Waals surface area contributed by atoms with E-state index in [0.717, 1.165) is 11.3 Å². The van der Waals surface area contributed by atoms with Crippen LogP contribution in [0.1, 0.15) is 75.5 Å². The van der Waals surface area contributed by atoms with Crippen molar-refractivity contribution < 1.29 is 9.53 Å². The molecule has 5 nitrogen and oxygen atoms in total. The Morgan fingerprint density at radius 2 is 1.78 bits per heavy atom. The summed E-state index contributed by atoms with van der Waals surface area (Å²) in [5, 5.41) is 0. The number of carbonyl (C=O) groups is 1. The second-order valence-corrected chi connectivity index (χ2v) is 5.55. The molecule has 2 aromatic heterocycles. The lowest BCUT2D eigenvalue weighted by Gasteiger charge is -1.99. The maximum Gasteiger partial charge on any atom is 0.339 e. The van der Waals surface area contributed by atoms with Crippen molar-refractivity contribution in [2.45, 2.75) is 66.2 Å². The average Bonchev–Trinajstić information content (AvgIpc) is 2.91. The Labute approximate surface area is 138 Å². The number of aromatic amines is 1. The van der Waals surface area contributed by atoms with Crippen molar-refractivity contribution in [3.8, 4) is 0 Å². The molecule has 0 atom stereocenters. The van der Waals surface area contributed by atoms with Gasteiger partial charge in [0.05, 0.1) is 17.7 Å². The first-order chi connectivity index (χ1) is 11.1. The molecule has 2 heterocycles. The SMILES string of the molecule is CCCCCCCC.CCOC(=O)c1cnc2nc(C)[nH]c2c1. The van der Waals surface area contributed by atoms with Gasteiger partial charge in [0.1, 0.15) is 5.82 Å². The van der Waals surface area contributed by atoms with Crippen LogP contribution in [0.15, 0.2) is 12.3 Å². The van der Waals surface area contributed by atoms with E-state index < -0.39 is 0 Å². The summed E-state index contributed by atoms with van der Waals surface area (Å²) in [5.41, 5.74) is 1.80. The number of ether oxygens (including phenoxy) is 1. The van der Waals surface area contributed by atoms with Crippen LogP contribution in [0.2, 0.25) is 0 Å². The molecular weight excluding hydrogens is 290 g/mol. The number of esters is 1. The van der Waals surface area contributed by atoms with Gasteiger partial charge in [0, 0.05) is 6.20 Å². The molecule has 0 aliphatic carbocycles. The second-order valence-electron chi connectivity index (χ2n) is 5.55. The van der Waals surface area contributed by atoms with Crippen molar-refractivity contribution >= 4 is 17.1 Å². The van der Waals surface area contributed by atoms with Gasteiger partial charge in [-0.1, -0.05) is 52.4 Å². The first-order valence-electron chi connectivity index (χ1n) is 8.61. The molecule has 23 heavy (non-hydrogen) atoms. The zero-order valence-corrected chi connectivity index (χ0v) is 14.8. The third kappa shape index (κ3) is 6.80. The second kappa shape index (κ2) is 10.8. The smallest absolute Gasteiger partial charge is 0.339 e. The number of rotatable bonds is 7. The minimum Gasteiger partial charge on any atom is -0.462 e. The summed E-state index contributed by atoms with van der Waals surface area (Å²) in [7, 11) is 0. The molecule has 0 radical (unpaired) electrons. The fourth-order valence-electron chi connectivity index (χ4n) is 2.20. The Kier molecular flexibility index (Phi) is 8.95. The topological polar surface area (TPSA) is 67.9 Å². The molecule has 0 saturated carbocycles. The number of carbonyl (C=O) groups excluding carboxylic acids is 1. The van der Waals surface area contributed by atoms with E-state index >= 15 is 0 Å². The standard InChI is InChI=1S/C10H11N3O2.C8H18/c1-3-15-10(14)7-4-8-9(11-5-7)13-6(2)12-8;1-3-5-7-8-6-4-2/h4-5H,3H2,1-2H3,(H,11,12,13);3-8H2,1-2H3. The molecule has 2 aromatic rings. The molecule has 0 amide bonds. The van der Waals surface area contributed by atoms with Gasteiger partial charge in [0.15, 0.2) is 5.65 Å². The van der Waals surface area contributed by atoms with Gasteiger partial charge in [-0.3, -0.25) is 0 Å². The summed E-state index contributed by atoms with van der Waals surface area (Å²) in [6, 6.07) is 1.69. The molecule has 5 heteroatoms. The number of H-pyrrole nitrogens is 1. The van der Waals surface area contributed by atoms with E-state index in [2.05, 4.69) is 28.8 Å². The van der Waals surface area contributed by atoms with Crippen LogP contribution in [-0.4, -0.2) is 27.5 Å². The highest BCUT2D eigenvalue weighted by molar-refractivity contribution is 5.92. The minimum atomic E-state index is -0.362. The van der Waals surface area contributed by atoms with Crippen LogP contribution in [0.3, 0.4) is 0 Å². The van der Waals surface area contributed by atoms with Gasteiger partial charge in [-0.2, -0.15) is 0 Å². The highest BCUT2D eigenvalue weighted by atomic mass is 16.5.